The third kappa shape index (κ3) is 6.74. The summed E-state index contributed by atoms with van der Waals surface area (Å²) in [6.07, 6.45) is 0. The van der Waals surface area contributed by atoms with E-state index in [4.69, 9.17) is 14.0 Å². The Morgan fingerprint density at radius 3 is 2.53 bits per heavy atom. The van der Waals surface area contributed by atoms with Crippen molar-refractivity contribution in [2.45, 2.75) is 31.4 Å². The first-order valence-corrected chi connectivity index (χ1v) is 11.9. The summed E-state index contributed by atoms with van der Waals surface area (Å²) in [5, 5.41) is 6.69. The molecular weight excluding hydrogens is 456 g/mol. The Morgan fingerprint density at radius 2 is 1.82 bits per heavy atom. The van der Waals surface area contributed by atoms with Gasteiger partial charge >= 0.3 is 0 Å². The number of carbonyl (C=O) groups excluding carboxylic acids is 2. The summed E-state index contributed by atoms with van der Waals surface area (Å²) >= 11 is 1.43. The maximum atomic E-state index is 13.1. The van der Waals surface area contributed by atoms with Gasteiger partial charge in [-0.05, 0) is 38.1 Å². The van der Waals surface area contributed by atoms with Gasteiger partial charge in [0.05, 0.1) is 31.1 Å². The smallest absolute Gasteiger partial charge is 0.255 e. The van der Waals surface area contributed by atoms with E-state index in [1.807, 2.05) is 26.0 Å². The van der Waals surface area contributed by atoms with E-state index in [2.05, 4.69) is 15.5 Å². The highest BCUT2D eigenvalue weighted by Crippen LogP contribution is 2.31. The zero-order valence-electron chi connectivity index (χ0n) is 19.7. The molecule has 1 aromatic heterocycles. The third-order valence-corrected chi connectivity index (χ3v) is 5.67. The number of nitrogens with one attached hydrogen (secondary N) is 1. The van der Waals surface area contributed by atoms with Crippen LogP contribution in [0.25, 0.3) is 0 Å². The largest absolute Gasteiger partial charge is 0.490 e. The number of hydrogen-bond donors (Lipinski definition) is 1. The highest BCUT2D eigenvalue weighted by atomic mass is 32.2. The van der Waals surface area contributed by atoms with Crippen molar-refractivity contribution in [2.75, 3.05) is 32.1 Å². The molecule has 0 saturated carbocycles. The van der Waals surface area contributed by atoms with E-state index >= 15 is 0 Å². The van der Waals surface area contributed by atoms with Crippen molar-refractivity contribution in [3.63, 3.8) is 0 Å². The van der Waals surface area contributed by atoms with E-state index in [1.165, 1.54) is 16.7 Å². The number of amides is 2. The lowest BCUT2D eigenvalue weighted by Crippen LogP contribution is -2.35. The summed E-state index contributed by atoms with van der Waals surface area (Å²) in [5.41, 5.74) is 1.06. The predicted octanol–water partition coefficient (Wildman–Crippen LogP) is 4.18. The molecule has 0 radical (unpaired) electrons. The minimum absolute atomic E-state index is 0.112. The van der Waals surface area contributed by atoms with E-state index < -0.39 is 0 Å². The molecule has 0 unspecified atom stereocenters. The number of carbonyl (C=O) groups is 2. The summed E-state index contributed by atoms with van der Waals surface area (Å²) in [6.45, 7) is 6.36. The van der Waals surface area contributed by atoms with Crippen molar-refractivity contribution in [2.24, 2.45) is 0 Å². The molecule has 3 rings (SSSR count). The molecule has 10 heteroatoms. The fourth-order valence-corrected chi connectivity index (χ4v) is 4.02. The normalized spacial score (nSPS) is 10.6. The van der Waals surface area contributed by atoms with E-state index in [-0.39, 0.29) is 18.4 Å². The van der Waals surface area contributed by atoms with Gasteiger partial charge in [-0.25, -0.2) is 0 Å². The standard InChI is InChI=1S/C24H28N4O5S/c1-5-31-19-12-11-17(13-20(19)32-6-2)26-23(29)14-28(4)24(30)18-9-7-8-10-21(18)34-15-22-25-16(3)33-27-22/h7-13H,5-6,14-15H2,1-4H3,(H,26,29). The fraction of sp³-hybridized carbons (Fsp3) is 0.333. The molecule has 0 saturated heterocycles. The SMILES string of the molecule is CCOc1ccc(NC(=O)CN(C)C(=O)c2ccccc2SCc2noc(C)n2)cc1OCC. The van der Waals surface area contributed by atoms with Gasteiger partial charge in [-0.1, -0.05) is 17.3 Å². The van der Waals surface area contributed by atoms with Crippen molar-refractivity contribution in [3.05, 3.63) is 59.7 Å². The number of aromatic nitrogens is 2. The predicted molar refractivity (Wildman–Crippen MR) is 129 cm³/mol. The minimum atomic E-state index is -0.324. The Labute approximate surface area is 202 Å². The Hall–Kier alpha value is -3.53. The van der Waals surface area contributed by atoms with Gasteiger partial charge in [-0.15, -0.1) is 11.8 Å². The molecule has 3 aromatic rings. The monoisotopic (exact) mass is 484 g/mol. The number of aryl methyl sites for hydroxylation is 1. The molecule has 180 valence electrons. The maximum absolute atomic E-state index is 13.1. The van der Waals surface area contributed by atoms with Crippen LogP contribution in [0.4, 0.5) is 5.69 Å². The van der Waals surface area contributed by atoms with Crippen LogP contribution in [0.2, 0.25) is 0 Å². The number of thioether (sulfide) groups is 1. The first kappa shape index (κ1) is 25.1. The average Bonchev–Trinajstić information content (AvgIpc) is 3.24. The van der Waals surface area contributed by atoms with Crippen LogP contribution in [0.3, 0.4) is 0 Å². The second-order valence-electron chi connectivity index (χ2n) is 7.25. The number of benzene rings is 2. The highest BCUT2D eigenvalue weighted by Gasteiger charge is 2.19. The second-order valence-corrected chi connectivity index (χ2v) is 8.27. The van der Waals surface area contributed by atoms with Crippen molar-refractivity contribution < 1.29 is 23.6 Å². The third-order valence-electron chi connectivity index (χ3n) is 4.60. The van der Waals surface area contributed by atoms with Crippen LogP contribution in [0.15, 0.2) is 51.9 Å². The molecular formula is C24H28N4O5S. The van der Waals surface area contributed by atoms with Crippen molar-refractivity contribution in [1.82, 2.24) is 15.0 Å². The van der Waals surface area contributed by atoms with Crippen molar-refractivity contribution in [1.29, 1.82) is 0 Å². The topological polar surface area (TPSA) is 107 Å². The molecule has 0 atom stereocenters. The number of hydrogen-bond acceptors (Lipinski definition) is 8. The summed E-state index contributed by atoms with van der Waals surface area (Å²) in [6, 6.07) is 12.4. The number of ether oxygens (including phenoxy) is 2. The van der Waals surface area contributed by atoms with Gasteiger partial charge in [0.25, 0.3) is 5.91 Å². The molecule has 0 fully saturated rings. The van der Waals surface area contributed by atoms with Gasteiger partial charge < -0.3 is 24.2 Å². The summed E-state index contributed by atoms with van der Waals surface area (Å²) < 4.78 is 16.1. The minimum Gasteiger partial charge on any atom is -0.490 e. The summed E-state index contributed by atoms with van der Waals surface area (Å²) in [7, 11) is 1.59. The van der Waals surface area contributed by atoms with Gasteiger partial charge in [0, 0.05) is 30.6 Å². The Balaban J connectivity index is 1.63. The zero-order valence-corrected chi connectivity index (χ0v) is 20.5. The van der Waals surface area contributed by atoms with Crippen LogP contribution in [-0.4, -0.2) is 53.7 Å². The molecule has 0 aliphatic rings. The molecule has 0 bridgehead atoms. The van der Waals surface area contributed by atoms with Gasteiger partial charge in [0.15, 0.2) is 17.3 Å². The fourth-order valence-electron chi connectivity index (χ4n) is 3.13. The van der Waals surface area contributed by atoms with Crippen molar-refractivity contribution >= 4 is 29.3 Å². The quantitative estimate of drug-likeness (QED) is 0.404. The van der Waals surface area contributed by atoms with Crippen LogP contribution in [0, 0.1) is 6.92 Å². The lowest BCUT2D eigenvalue weighted by molar-refractivity contribution is -0.116. The van der Waals surface area contributed by atoms with Crippen LogP contribution < -0.4 is 14.8 Å². The Morgan fingerprint density at radius 1 is 1.09 bits per heavy atom. The summed E-state index contributed by atoms with van der Waals surface area (Å²) in [5.74, 6) is 2.09. The second kappa shape index (κ2) is 12.1. The maximum Gasteiger partial charge on any atom is 0.255 e. The van der Waals surface area contributed by atoms with E-state index in [0.717, 1.165) is 4.90 Å². The van der Waals surface area contributed by atoms with E-state index in [1.54, 1.807) is 44.3 Å². The van der Waals surface area contributed by atoms with Gasteiger partial charge in [0.2, 0.25) is 11.8 Å². The molecule has 34 heavy (non-hydrogen) atoms. The zero-order chi connectivity index (χ0) is 24.5. The molecule has 0 aliphatic heterocycles. The van der Waals surface area contributed by atoms with Crippen LogP contribution >= 0.6 is 11.8 Å². The molecule has 1 heterocycles. The molecule has 0 aliphatic carbocycles. The van der Waals surface area contributed by atoms with Crippen LogP contribution in [0.5, 0.6) is 11.5 Å². The van der Waals surface area contributed by atoms with Crippen molar-refractivity contribution in [3.8, 4) is 11.5 Å². The number of anilines is 1. The molecule has 2 amide bonds. The number of likely N-dealkylation sites (N-methyl/N-ethyl adjacent to an activating group) is 1. The van der Waals surface area contributed by atoms with Gasteiger partial charge in [0.1, 0.15) is 0 Å². The molecule has 2 aromatic carbocycles. The van der Waals surface area contributed by atoms with Crippen LogP contribution in [-0.2, 0) is 10.5 Å². The van der Waals surface area contributed by atoms with Gasteiger partial charge in [-0.3, -0.25) is 9.59 Å². The lowest BCUT2D eigenvalue weighted by Gasteiger charge is -2.19. The highest BCUT2D eigenvalue weighted by molar-refractivity contribution is 7.98. The number of rotatable bonds is 11. The number of nitrogens with zero attached hydrogens (tertiary/aromatic N) is 3. The molecule has 0 spiro atoms. The Kier molecular flexibility index (Phi) is 8.92. The first-order valence-electron chi connectivity index (χ1n) is 10.9. The summed E-state index contributed by atoms with van der Waals surface area (Å²) in [4.78, 5) is 32.0. The lowest BCUT2D eigenvalue weighted by atomic mass is 10.2. The molecule has 9 nitrogen and oxygen atoms in total. The average molecular weight is 485 g/mol. The van der Waals surface area contributed by atoms with Crippen LogP contribution in [0.1, 0.15) is 35.9 Å². The molecule has 1 N–H and O–H groups in total. The first-order chi connectivity index (χ1) is 16.4. The van der Waals surface area contributed by atoms with E-state index in [9.17, 15) is 9.59 Å². The van der Waals surface area contributed by atoms with Gasteiger partial charge in [-0.2, -0.15) is 4.98 Å². The van der Waals surface area contributed by atoms with E-state index in [0.29, 0.717) is 53.4 Å². The Bertz CT molecular complexity index is 1130.